The summed E-state index contributed by atoms with van der Waals surface area (Å²) in [6.45, 7) is 3.60. The molecule has 156 valence electrons. The molecule has 0 saturated heterocycles. The molecule has 1 fully saturated rings. The van der Waals surface area contributed by atoms with E-state index in [9.17, 15) is 22.8 Å². The first-order chi connectivity index (χ1) is 13.1. The van der Waals surface area contributed by atoms with E-state index in [0.29, 0.717) is 0 Å². The summed E-state index contributed by atoms with van der Waals surface area (Å²) < 4.78 is 40.2. The Kier molecular flexibility index (Phi) is 7.75. The van der Waals surface area contributed by atoms with Crippen LogP contribution in [0.3, 0.4) is 0 Å². The van der Waals surface area contributed by atoms with Gasteiger partial charge in [0, 0.05) is 11.7 Å². The molecule has 1 aromatic carbocycles. The number of halogens is 4. The summed E-state index contributed by atoms with van der Waals surface area (Å²) in [5.41, 5.74) is -1.61. The fourth-order valence-electron chi connectivity index (χ4n) is 3.52. The Morgan fingerprint density at radius 1 is 1.18 bits per heavy atom. The van der Waals surface area contributed by atoms with Gasteiger partial charge in [0.2, 0.25) is 5.91 Å². The smallest absolute Gasteiger partial charge is 0.373 e. The topological polar surface area (TPSA) is 58.2 Å². The molecule has 0 aromatic heterocycles. The second-order valence-corrected chi connectivity index (χ2v) is 7.76. The molecule has 0 heterocycles. The van der Waals surface area contributed by atoms with Gasteiger partial charge in [0.1, 0.15) is 6.04 Å². The summed E-state index contributed by atoms with van der Waals surface area (Å²) in [6.07, 6.45) is 0.338. The molecule has 0 bridgehead atoms. The van der Waals surface area contributed by atoms with Crippen molar-refractivity contribution < 1.29 is 22.8 Å². The van der Waals surface area contributed by atoms with Crippen LogP contribution in [0.2, 0.25) is 0 Å². The molecule has 8 heteroatoms. The van der Waals surface area contributed by atoms with Crippen LogP contribution in [-0.4, -0.2) is 29.7 Å². The average molecular weight is 419 g/mol. The molecule has 1 aliphatic rings. The predicted molar refractivity (Wildman–Crippen MR) is 104 cm³/mol. The number of hydrogen-bond acceptors (Lipinski definition) is 3. The van der Waals surface area contributed by atoms with Gasteiger partial charge in [-0.2, -0.15) is 13.2 Å². The molecule has 1 amide bonds. The molecule has 28 heavy (non-hydrogen) atoms. The van der Waals surface area contributed by atoms with Gasteiger partial charge in [-0.15, -0.1) is 11.6 Å². The van der Waals surface area contributed by atoms with E-state index in [2.05, 4.69) is 10.6 Å². The Balaban J connectivity index is 2.31. The molecule has 2 N–H and O–H groups in total. The molecule has 1 saturated carbocycles. The summed E-state index contributed by atoms with van der Waals surface area (Å²) in [5, 5.41) is 5.87. The van der Waals surface area contributed by atoms with Crippen molar-refractivity contribution >= 4 is 29.0 Å². The third-order valence-corrected chi connectivity index (χ3v) is 5.22. The first-order valence-corrected chi connectivity index (χ1v) is 10.0. The summed E-state index contributed by atoms with van der Waals surface area (Å²) in [6, 6.07) is 2.74. The van der Waals surface area contributed by atoms with Crippen LogP contribution >= 0.6 is 11.6 Å². The quantitative estimate of drug-likeness (QED) is 0.483. The minimum atomic E-state index is -4.70. The highest BCUT2D eigenvalue weighted by molar-refractivity contribution is 6.31. The van der Waals surface area contributed by atoms with E-state index in [1.54, 1.807) is 13.8 Å². The maximum absolute atomic E-state index is 13.4. The van der Waals surface area contributed by atoms with E-state index in [-0.39, 0.29) is 23.6 Å². The van der Waals surface area contributed by atoms with E-state index < -0.39 is 35.0 Å². The number of benzene rings is 1. The van der Waals surface area contributed by atoms with Crippen LogP contribution in [0.5, 0.6) is 0 Å². The third-order valence-electron chi connectivity index (χ3n) is 4.98. The van der Waals surface area contributed by atoms with Crippen LogP contribution in [0.15, 0.2) is 18.2 Å². The fraction of sp³-hybridized carbons (Fsp3) is 0.600. The molecule has 1 aromatic rings. The fourth-order valence-corrected chi connectivity index (χ4v) is 3.65. The summed E-state index contributed by atoms with van der Waals surface area (Å²) in [4.78, 5) is 25.0. The lowest BCUT2D eigenvalue weighted by molar-refractivity contribution is -0.137. The highest BCUT2D eigenvalue weighted by Crippen LogP contribution is 2.36. The minimum absolute atomic E-state index is 0.0297. The molecule has 4 nitrogen and oxygen atoms in total. The van der Waals surface area contributed by atoms with Crippen molar-refractivity contribution in [3.05, 3.63) is 29.3 Å². The Bertz CT molecular complexity index is 701. The lowest BCUT2D eigenvalue weighted by Crippen LogP contribution is -2.47. The van der Waals surface area contributed by atoms with Crippen molar-refractivity contribution in [3.8, 4) is 0 Å². The standard InChI is InChI=1S/C20H26ClF3N2O2/c1-12(2)18(19(28)25-13-7-4-3-5-8-13)26-15-10-6-9-14(20(22,23)24)17(15)16(27)11-21/h6,9-10,12-13,18,26H,3-5,7-8,11H2,1-2H3,(H,25,28). The Hall–Kier alpha value is -1.76. The lowest BCUT2D eigenvalue weighted by Gasteiger charge is -2.29. The normalized spacial score (nSPS) is 16.7. The van der Waals surface area contributed by atoms with Crippen molar-refractivity contribution in [1.82, 2.24) is 5.32 Å². The van der Waals surface area contributed by atoms with Crippen LogP contribution in [0, 0.1) is 5.92 Å². The van der Waals surface area contributed by atoms with Gasteiger partial charge in [-0.05, 0) is 30.9 Å². The minimum Gasteiger partial charge on any atom is -0.373 e. The first kappa shape index (κ1) is 22.5. The zero-order chi connectivity index (χ0) is 20.9. The zero-order valence-corrected chi connectivity index (χ0v) is 16.8. The van der Waals surface area contributed by atoms with E-state index in [0.717, 1.165) is 38.2 Å². The van der Waals surface area contributed by atoms with Crippen molar-refractivity contribution in [1.29, 1.82) is 0 Å². The van der Waals surface area contributed by atoms with Gasteiger partial charge >= 0.3 is 6.18 Å². The number of amides is 1. The summed E-state index contributed by atoms with van der Waals surface area (Å²) >= 11 is 5.55. The van der Waals surface area contributed by atoms with E-state index in [1.807, 2.05) is 0 Å². The Labute approximate surface area is 168 Å². The summed E-state index contributed by atoms with van der Waals surface area (Å²) in [7, 11) is 0. The van der Waals surface area contributed by atoms with Crippen LogP contribution < -0.4 is 10.6 Å². The maximum Gasteiger partial charge on any atom is 0.417 e. The number of hydrogen-bond donors (Lipinski definition) is 2. The predicted octanol–water partition coefficient (Wildman–Crippen LogP) is 5.01. The second kappa shape index (κ2) is 9.63. The number of alkyl halides is 4. The van der Waals surface area contributed by atoms with Crippen molar-refractivity contribution in [2.45, 2.75) is 64.2 Å². The van der Waals surface area contributed by atoms with Crippen molar-refractivity contribution in [2.24, 2.45) is 5.92 Å². The molecular formula is C20H26ClF3N2O2. The summed E-state index contributed by atoms with van der Waals surface area (Å²) in [5.74, 6) is -1.89. The highest BCUT2D eigenvalue weighted by Gasteiger charge is 2.37. The number of rotatable bonds is 7. The molecule has 0 aliphatic heterocycles. The maximum atomic E-state index is 13.4. The largest absolute Gasteiger partial charge is 0.417 e. The Morgan fingerprint density at radius 2 is 1.82 bits per heavy atom. The zero-order valence-electron chi connectivity index (χ0n) is 16.0. The van der Waals surface area contributed by atoms with E-state index >= 15 is 0 Å². The monoisotopic (exact) mass is 418 g/mol. The van der Waals surface area contributed by atoms with Crippen LogP contribution in [0.4, 0.5) is 18.9 Å². The SMILES string of the molecule is CC(C)C(Nc1cccc(C(F)(F)F)c1C(=O)CCl)C(=O)NC1CCCCC1. The van der Waals surface area contributed by atoms with Crippen LogP contribution in [0.25, 0.3) is 0 Å². The first-order valence-electron chi connectivity index (χ1n) is 9.51. The average Bonchev–Trinajstić information content (AvgIpc) is 2.64. The van der Waals surface area contributed by atoms with Crippen molar-refractivity contribution in [2.75, 3.05) is 11.2 Å². The second-order valence-electron chi connectivity index (χ2n) is 7.49. The van der Waals surface area contributed by atoms with E-state index in [4.69, 9.17) is 11.6 Å². The van der Waals surface area contributed by atoms with E-state index in [1.165, 1.54) is 12.1 Å². The number of carbonyl (C=O) groups excluding carboxylic acids is 2. The van der Waals surface area contributed by atoms with Gasteiger partial charge in [-0.3, -0.25) is 9.59 Å². The molecule has 1 atom stereocenters. The van der Waals surface area contributed by atoms with Gasteiger partial charge in [0.15, 0.2) is 5.78 Å². The number of nitrogens with one attached hydrogen (secondary N) is 2. The van der Waals surface area contributed by atoms with Gasteiger partial charge < -0.3 is 10.6 Å². The number of carbonyl (C=O) groups is 2. The van der Waals surface area contributed by atoms with Gasteiger partial charge in [-0.25, -0.2) is 0 Å². The van der Waals surface area contributed by atoms with Gasteiger partial charge in [-0.1, -0.05) is 39.2 Å². The lowest BCUT2D eigenvalue weighted by atomic mass is 9.94. The van der Waals surface area contributed by atoms with Gasteiger partial charge in [0.05, 0.1) is 17.0 Å². The molecule has 1 unspecified atom stereocenters. The molecule has 1 aliphatic carbocycles. The third kappa shape index (κ3) is 5.63. The molecule has 0 spiro atoms. The molecule has 2 rings (SSSR count). The van der Waals surface area contributed by atoms with Crippen LogP contribution in [0.1, 0.15) is 61.9 Å². The number of ketones is 1. The van der Waals surface area contributed by atoms with Crippen molar-refractivity contribution in [3.63, 3.8) is 0 Å². The highest BCUT2D eigenvalue weighted by atomic mass is 35.5. The van der Waals surface area contributed by atoms with Gasteiger partial charge in [0.25, 0.3) is 0 Å². The Morgan fingerprint density at radius 3 is 2.36 bits per heavy atom. The van der Waals surface area contributed by atoms with Crippen LogP contribution in [-0.2, 0) is 11.0 Å². The molecule has 0 radical (unpaired) electrons. The number of anilines is 1. The number of Topliss-reactive ketones (excluding diaryl/α,β-unsaturated/α-hetero) is 1. The molecular weight excluding hydrogens is 393 g/mol.